The third-order valence-corrected chi connectivity index (χ3v) is 6.40. The Bertz CT molecular complexity index is 1230. The van der Waals surface area contributed by atoms with E-state index < -0.39 is 17.7 Å². The van der Waals surface area contributed by atoms with E-state index in [1.807, 2.05) is 57.2 Å². The molecule has 0 saturated heterocycles. The average molecular weight is 459 g/mol. The van der Waals surface area contributed by atoms with E-state index in [0.717, 1.165) is 34.0 Å². The topological polar surface area (TPSA) is 76.1 Å². The van der Waals surface area contributed by atoms with E-state index in [9.17, 15) is 18.8 Å². The Labute approximate surface area is 198 Å². The minimum atomic E-state index is -0.856. The van der Waals surface area contributed by atoms with Gasteiger partial charge < -0.3 is 5.32 Å². The van der Waals surface area contributed by atoms with Crippen molar-refractivity contribution in [2.24, 2.45) is 5.92 Å². The van der Waals surface area contributed by atoms with Gasteiger partial charge in [-0.2, -0.15) is 0 Å². The molecule has 1 heterocycles. The molecule has 0 aliphatic heterocycles. The predicted octanol–water partition coefficient (Wildman–Crippen LogP) is 4.76. The number of carbonyl (C=O) groups is 3. The minimum Gasteiger partial charge on any atom is -0.352 e. The van der Waals surface area contributed by atoms with Crippen LogP contribution in [0.3, 0.4) is 0 Å². The van der Waals surface area contributed by atoms with Gasteiger partial charge in [-0.05, 0) is 67.3 Å². The molecular weight excluding hydrogens is 431 g/mol. The highest BCUT2D eigenvalue weighted by atomic mass is 19.1. The number of nitrogens with zero attached hydrogens (tertiary/aromatic N) is 1. The van der Waals surface area contributed by atoms with Gasteiger partial charge >= 0.3 is 0 Å². The summed E-state index contributed by atoms with van der Waals surface area (Å²) in [6.45, 7) is 6.10. The van der Waals surface area contributed by atoms with E-state index in [4.69, 9.17) is 0 Å². The minimum absolute atomic E-state index is 0.00259. The lowest BCUT2D eigenvalue weighted by Crippen LogP contribution is -2.27. The van der Waals surface area contributed by atoms with Gasteiger partial charge in [0.25, 0.3) is 0 Å². The molecule has 4 rings (SSSR count). The highest BCUT2D eigenvalue weighted by Crippen LogP contribution is 2.38. The Morgan fingerprint density at radius 2 is 1.71 bits per heavy atom. The van der Waals surface area contributed by atoms with Crippen molar-refractivity contribution in [3.05, 3.63) is 88.4 Å². The quantitative estimate of drug-likeness (QED) is 0.541. The lowest BCUT2D eigenvalue weighted by molar-refractivity contribution is -0.128. The van der Waals surface area contributed by atoms with Crippen LogP contribution in [-0.4, -0.2) is 22.5 Å². The van der Waals surface area contributed by atoms with Crippen LogP contribution in [0, 0.1) is 32.5 Å². The summed E-state index contributed by atoms with van der Waals surface area (Å²) < 4.78 is 13.2. The molecule has 34 heavy (non-hydrogen) atoms. The van der Waals surface area contributed by atoms with Crippen molar-refractivity contribution in [3.63, 3.8) is 0 Å². The van der Waals surface area contributed by atoms with Crippen LogP contribution in [0.4, 0.5) is 4.39 Å². The van der Waals surface area contributed by atoms with Gasteiger partial charge in [-0.3, -0.25) is 19.4 Å². The molecule has 2 unspecified atom stereocenters. The van der Waals surface area contributed by atoms with Crippen LogP contribution < -0.4 is 5.32 Å². The highest BCUT2D eigenvalue weighted by Gasteiger charge is 2.43. The van der Waals surface area contributed by atoms with Gasteiger partial charge in [0.2, 0.25) is 5.91 Å². The van der Waals surface area contributed by atoms with Crippen LogP contribution in [-0.2, 0) is 20.9 Å². The maximum atomic E-state index is 13.2. The van der Waals surface area contributed by atoms with E-state index >= 15 is 0 Å². The lowest BCUT2D eigenvalue weighted by atomic mass is 9.85. The molecule has 0 spiro atoms. The van der Waals surface area contributed by atoms with Crippen molar-refractivity contribution in [3.8, 4) is 11.3 Å². The largest absolute Gasteiger partial charge is 0.352 e. The molecule has 0 bridgehead atoms. The summed E-state index contributed by atoms with van der Waals surface area (Å²) in [6.07, 6.45) is 1.23. The normalized spacial score (nSPS) is 17.8. The zero-order chi connectivity index (χ0) is 24.4. The number of hydrogen-bond acceptors (Lipinski definition) is 4. The van der Waals surface area contributed by atoms with Crippen molar-refractivity contribution in [1.29, 1.82) is 0 Å². The number of hydrogen-bond donors (Lipinski definition) is 1. The molecule has 1 fully saturated rings. The number of Topliss-reactive ketones (excluding diaryl/α,β-unsaturated/α-hetero) is 2. The van der Waals surface area contributed by atoms with Crippen molar-refractivity contribution in [1.82, 2.24) is 10.3 Å². The van der Waals surface area contributed by atoms with Gasteiger partial charge in [0, 0.05) is 30.9 Å². The third kappa shape index (κ3) is 4.96. The van der Waals surface area contributed by atoms with E-state index in [-0.39, 0.29) is 30.3 Å². The number of ketones is 2. The second kappa shape index (κ2) is 9.67. The van der Waals surface area contributed by atoms with Gasteiger partial charge in [0.15, 0.2) is 5.78 Å². The van der Waals surface area contributed by atoms with E-state index in [2.05, 4.69) is 10.3 Å². The van der Waals surface area contributed by atoms with E-state index in [0.29, 0.717) is 17.8 Å². The molecule has 1 N–H and O–H groups in total. The molecule has 2 aromatic carbocycles. The number of aryl methyl sites for hydroxylation is 3. The molecule has 3 aromatic rings. The van der Waals surface area contributed by atoms with E-state index in [1.54, 1.807) is 6.07 Å². The Morgan fingerprint density at radius 1 is 1.03 bits per heavy atom. The fourth-order valence-corrected chi connectivity index (χ4v) is 4.66. The van der Waals surface area contributed by atoms with Crippen molar-refractivity contribution in [2.75, 3.05) is 0 Å². The van der Waals surface area contributed by atoms with Gasteiger partial charge in [-0.1, -0.05) is 29.8 Å². The fourth-order valence-electron chi connectivity index (χ4n) is 4.66. The molecular formula is C28H27FN2O3. The van der Waals surface area contributed by atoms with Crippen molar-refractivity contribution >= 4 is 17.5 Å². The number of amides is 1. The SMILES string of the molecule is Cc1ccc(CNC(=O)CC2CC(=O)C(c3c(C)cc(-c4ccc(F)cn4)cc3C)C2=O)cc1. The van der Waals surface area contributed by atoms with Crippen molar-refractivity contribution < 1.29 is 18.8 Å². The first kappa shape index (κ1) is 23.5. The number of halogens is 1. The summed E-state index contributed by atoms with van der Waals surface area (Å²) in [5, 5.41) is 2.85. The van der Waals surface area contributed by atoms with Crippen LogP contribution in [0.15, 0.2) is 54.7 Å². The molecule has 1 aliphatic rings. The number of aromatic nitrogens is 1. The first-order valence-corrected chi connectivity index (χ1v) is 11.3. The molecule has 1 amide bonds. The van der Waals surface area contributed by atoms with Crippen LogP contribution >= 0.6 is 0 Å². The number of pyridine rings is 1. The summed E-state index contributed by atoms with van der Waals surface area (Å²) in [6, 6.07) is 14.5. The Hall–Kier alpha value is -3.67. The Morgan fingerprint density at radius 3 is 2.32 bits per heavy atom. The standard InChI is InChI=1S/C28H27FN2O3/c1-16-4-6-19(7-5-16)14-31-25(33)13-21-12-24(32)27(28(21)34)26-17(2)10-20(11-18(26)3)23-9-8-22(29)15-30-23/h4-11,15,21,27H,12-14H2,1-3H3,(H,31,33). The first-order valence-electron chi connectivity index (χ1n) is 11.3. The second-order valence-electron chi connectivity index (χ2n) is 9.05. The molecule has 5 nitrogen and oxygen atoms in total. The summed E-state index contributed by atoms with van der Waals surface area (Å²) in [5.41, 5.74) is 5.84. The number of nitrogens with one attached hydrogen (secondary N) is 1. The molecule has 2 atom stereocenters. The maximum absolute atomic E-state index is 13.2. The number of carbonyl (C=O) groups excluding carboxylic acids is 3. The summed E-state index contributed by atoms with van der Waals surface area (Å²) in [7, 11) is 0. The van der Waals surface area contributed by atoms with Crippen molar-refractivity contribution in [2.45, 2.75) is 46.1 Å². The molecule has 174 valence electrons. The Kier molecular flexibility index (Phi) is 6.68. The second-order valence-corrected chi connectivity index (χ2v) is 9.05. The molecule has 6 heteroatoms. The molecule has 1 aromatic heterocycles. The predicted molar refractivity (Wildman–Crippen MR) is 128 cm³/mol. The number of rotatable bonds is 6. The molecule has 1 saturated carbocycles. The van der Waals surface area contributed by atoms with Gasteiger partial charge in [0.05, 0.1) is 11.9 Å². The monoisotopic (exact) mass is 458 g/mol. The summed E-state index contributed by atoms with van der Waals surface area (Å²) >= 11 is 0. The Balaban J connectivity index is 1.47. The number of benzene rings is 2. The van der Waals surface area contributed by atoms with Gasteiger partial charge in [-0.15, -0.1) is 0 Å². The maximum Gasteiger partial charge on any atom is 0.221 e. The zero-order valence-electron chi connectivity index (χ0n) is 19.5. The van der Waals surface area contributed by atoms with Gasteiger partial charge in [-0.25, -0.2) is 4.39 Å². The summed E-state index contributed by atoms with van der Waals surface area (Å²) in [4.78, 5) is 42.7. The zero-order valence-corrected chi connectivity index (χ0v) is 19.5. The highest BCUT2D eigenvalue weighted by molar-refractivity contribution is 6.15. The van der Waals surface area contributed by atoms with Crippen LogP contribution in [0.25, 0.3) is 11.3 Å². The van der Waals surface area contributed by atoms with Crippen LogP contribution in [0.1, 0.15) is 46.6 Å². The third-order valence-electron chi connectivity index (χ3n) is 6.40. The first-order chi connectivity index (χ1) is 16.2. The van der Waals surface area contributed by atoms with Crippen LogP contribution in [0.2, 0.25) is 0 Å². The summed E-state index contributed by atoms with van der Waals surface area (Å²) in [5.74, 6) is -2.48. The molecule has 0 radical (unpaired) electrons. The fraction of sp³-hybridized carbons (Fsp3) is 0.286. The lowest BCUT2D eigenvalue weighted by Gasteiger charge is -2.17. The van der Waals surface area contributed by atoms with Gasteiger partial charge in [0.1, 0.15) is 17.5 Å². The smallest absolute Gasteiger partial charge is 0.221 e. The van der Waals surface area contributed by atoms with Crippen LogP contribution in [0.5, 0.6) is 0 Å². The van der Waals surface area contributed by atoms with E-state index in [1.165, 1.54) is 6.07 Å². The average Bonchev–Trinajstić information content (AvgIpc) is 3.06. The molecule has 1 aliphatic carbocycles.